The maximum atomic E-state index is 10.6. The van der Waals surface area contributed by atoms with Crippen LogP contribution in [-0.2, 0) is 24.2 Å². The molecule has 4 rings (SSSR count). The monoisotopic (exact) mass is 446 g/mol. The number of para-hydroxylation sites is 1. The van der Waals surface area contributed by atoms with Gasteiger partial charge in [0.1, 0.15) is 0 Å². The van der Waals surface area contributed by atoms with Gasteiger partial charge in [0.15, 0.2) is 0 Å². The molecule has 2 N–H and O–H groups in total. The number of hydrogen-bond donors (Lipinski definition) is 2. The first-order chi connectivity index (χ1) is 15.3. The van der Waals surface area contributed by atoms with E-state index in [1.54, 1.807) is 0 Å². The van der Waals surface area contributed by atoms with Gasteiger partial charge in [-0.05, 0) is 61.9 Å². The number of pyridine rings is 1. The van der Waals surface area contributed by atoms with Gasteiger partial charge >= 0.3 is 12.1 Å². The van der Waals surface area contributed by atoms with Gasteiger partial charge in [-0.2, -0.15) is 18.3 Å². The van der Waals surface area contributed by atoms with Gasteiger partial charge in [-0.1, -0.05) is 18.2 Å². The summed E-state index contributed by atoms with van der Waals surface area (Å²) in [4.78, 5) is 13.5. The summed E-state index contributed by atoms with van der Waals surface area (Å²) in [5.74, 6) is -2.76. The molecule has 1 aliphatic rings. The van der Waals surface area contributed by atoms with Crippen LogP contribution in [0, 0.1) is 0 Å². The Kier molecular flexibility index (Phi) is 7.63. The number of hydrogen-bond acceptors (Lipinski definition) is 4. The zero-order chi connectivity index (χ0) is 23.1. The quantitative estimate of drug-likeness (QED) is 0.597. The van der Waals surface area contributed by atoms with E-state index in [0.29, 0.717) is 0 Å². The van der Waals surface area contributed by atoms with E-state index in [1.807, 2.05) is 35.3 Å². The van der Waals surface area contributed by atoms with Gasteiger partial charge in [0.2, 0.25) is 0 Å². The summed E-state index contributed by atoms with van der Waals surface area (Å²) in [6, 6.07) is 12.6. The SMILES string of the molecule is CC(NCc1nccc2c1CCCC2)c1cnn(-c2ccccc2)c1.O=C(O)C(F)(F)F. The number of alkyl halides is 3. The van der Waals surface area contributed by atoms with Crippen LogP contribution in [0.2, 0.25) is 0 Å². The minimum atomic E-state index is -5.08. The van der Waals surface area contributed by atoms with Crippen molar-refractivity contribution in [2.75, 3.05) is 0 Å². The highest BCUT2D eigenvalue weighted by molar-refractivity contribution is 5.73. The number of aromatic nitrogens is 3. The Morgan fingerprint density at radius 3 is 2.56 bits per heavy atom. The highest BCUT2D eigenvalue weighted by Crippen LogP contribution is 2.23. The maximum Gasteiger partial charge on any atom is 0.490 e. The van der Waals surface area contributed by atoms with E-state index < -0.39 is 12.1 Å². The lowest BCUT2D eigenvalue weighted by Gasteiger charge is -2.20. The molecule has 0 saturated heterocycles. The van der Waals surface area contributed by atoms with Crippen LogP contribution in [0.15, 0.2) is 55.0 Å². The van der Waals surface area contributed by atoms with Crippen molar-refractivity contribution in [2.45, 2.75) is 51.4 Å². The van der Waals surface area contributed by atoms with E-state index in [1.165, 1.54) is 48.1 Å². The predicted octanol–water partition coefficient (Wildman–Crippen LogP) is 4.63. The number of carboxylic acids is 1. The maximum absolute atomic E-state index is 10.6. The summed E-state index contributed by atoms with van der Waals surface area (Å²) in [5, 5.41) is 15.2. The van der Waals surface area contributed by atoms with Crippen LogP contribution < -0.4 is 5.32 Å². The topological polar surface area (TPSA) is 80.0 Å². The molecule has 170 valence electrons. The second-order valence-electron chi connectivity index (χ2n) is 7.56. The fraction of sp³-hybridized carbons (Fsp3) is 0.348. The fourth-order valence-corrected chi connectivity index (χ4v) is 3.54. The van der Waals surface area contributed by atoms with E-state index in [-0.39, 0.29) is 6.04 Å². The molecule has 1 atom stereocenters. The summed E-state index contributed by atoms with van der Waals surface area (Å²) >= 11 is 0. The van der Waals surface area contributed by atoms with Gasteiger partial charge in [-0.15, -0.1) is 0 Å². The van der Waals surface area contributed by atoms with Crippen molar-refractivity contribution in [2.24, 2.45) is 0 Å². The lowest BCUT2D eigenvalue weighted by atomic mass is 9.91. The summed E-state index contributed by atoms with van der Waals surface area (Å²) in [6.45, 7) is 2.99. The molecular formula is C23H25F3N4O2. The fourth-order valence-electron chi connectivity index (χ4n) is 3.54. The molecule has 3 aromatic rings. The Labute approximate surface area is 184 Å². The molecule has 0 aliphatic heterocycles. The number of aliphatic carboxylic acids is 1. The van der Waals surface area contributed by atoms with E-state index in [2.05, 4.69) is 46.7 Å². The largest absolute Gasteiger partial charge is 0.490 e. The molecule has 1 unspecified atom stereocenters. The van der Waals surface area contributed by atoms with Gasteiger partial charge in [-0.25, -0.2) is 9.48 Å². The summed E-state index contributed by atoms with van der Waals surface area (Å²) in [6.07, 6.45) is 5.87. The van der Waals surface area contributed by atoms with Gasteiger partial charge in [0, 0.05) is 30.5 Å². The van der Waals surface area contributed by atoms with Crippen molar-refractivity contribution in [3.05, 3.63) is 77.4 Å². The molecule has 0 bridgehead atoms. The van der Waals surface area contributed by atoms with Crippen molar-refractivity contribution >= 4 is 5.97 Å². The molecule has 1 aliphatic carbocycles. The molecular weight excluding hydrogens is 421 g/mol. The van der Waals surface area contributed by atoms with E-state index >= 15 is 0 Å². The number of benzene rings is 1. The number of nitrogens with zero attached hydrogens (tertiary/aromatic N) is 3. The zero-order valence-electron chi connectivity index (χ0n) is 17.6. The lowest BCUT2D eigenvalue weighted by molar-refractivity contribution is -0.192. The molecule has 2 heterocycles. The third-order valence-electron chi connectivity index (χ3n) is 5.31. The average Bonchev–Trinajstić information content (AvgIpc) is 3.28. The van der Waals surface area contributed by atoms with Gasteiger partial charge in [0.25, 0.3) is 0 Å². The second kappa shape index (κ2) is 10.4. The molecule has 0 spiro atoms. The molecule has 9 heteroatoms. The van der Waals surface area contributed by atoms with Crippen LogP contribution >= 0.6 is 0 Å². The Balaban J connectivity index is 0.000000360. The number of carbonyl (C=O) groups is 1. The molecule has 1 aromatic carbocycles. The average molecular weight is 446 g/mol. The van der Waals surface area contributed by atoms with Crippen molar-refractivity contribution < 1.29 is 23.1 Å². The minimum Gasteiger partial charge on any atom is -0.475 e. The Morgan fingerprint density at radius 2 is 1.88 bits per heavy atom. The Bertz CT molecular complexity index is 1040. The summed E-state index contributed by atoms with van der Waals surface area (Å²) in [7, 11) is 0. The minimum absolute atomic E-state index is 0.235. The van der Waals surface area contributed by atoms with Crippen LogP contribution in [-0.4, -0.2) is 32.0 Å². The van der Waals surface area contributed by atoms with Crippen LogP contribution in [0.4, 0.5) is 13.2 Å². The molecule has 0 amide bonds. The molecule has 6 nitrogen and oxygen atoms in total. The molecule has 32 heavy (non-hydrogen) atoms. The van der Waals surface area contributed by atoms with E-state index in [0.717, 1.165) is 12.2 Å². The number of aryl methyl sites for hydroxylation is 1. The molecule has 0 radical (unpaired) electrons. The lowest BCUT2D eigenvalue weighted by Crippen LogP contribution is -2.21. The van der Waals surface area contributed by atoms with Gasteiger partial charge < -0.3 is 10.4 Å². The zero-order valence-corrected chi connectivity index (χ0v) is 17.6. The van der Waals surface area contributed by atoms with E-state index in [9.17, 15) is 13.2 Å². The van der Waals surface area contributed by atoms with E-state index in [4.69, 9.17) is 9.90 Å². The third kappa shape index (κ3) is 6.16. The van der Waals surface area contributed by atoms with Gasteiger partial charge in [0.05, 0.1) is 17.6 Å². The number of carboxylic acid groups (broad SMARTS) is 1. The highest BCUT2D eigenvalue weighted by Gasteiger charge is 2.38. The highest BCUT2D eigenvalue weighted by atomic mass is 19.4. The first kappa shape index (κ1) is 23.5. The standard InChI is InChI=1S/C21H24N4.C2HF3O2/c1-16(18-13-24-25(15-18)19-8-3-2-4-9-19)23-14-21-20-10-6-5-7-17(20)11-12-22-21;3-2(4,5)1(6)7/h2-4,8-9,11-13,15-16,23H,5-7,10,14H2,1H3;(H,6,7). The van der Waals surface area contributed by atoms with Crippen molar-refractivity contribution in [1.29, 1.82) is 0 Å². The van der Waals surface area contributed by atoms with Crippen LogP contribution in [0.25, 0.3) is 5.69 Å². The first-order valence-corrected chi connectivity index (χ1v) is 10.3. The normalized spacial score (nSPS) is 14.1. The second-order valence-corrected chi connectivity index (χ2v) is 7.56. The Hall–Kier alpha value is -3.20. The van der Waals surface area contributed by atoms with Crippen molar-refractivity contribution in [1.82, 2.24) is 20.1 Å². The van der Waals surface area contributed by atoms with Gasteiger partial charge in [-0.3, -0.25) is 4.98 Å². The van der Waals surface area contributed by atoms with Crippen LogP contribution in [0.3, 0.4) is 0 Å². The number of halogens is 3. The van der Waals surface area contributed by atoms with Crippen molar-refractivity contribution in [3.8, 4) is 5.69 Å². The third-order valence-corrected chi connectivity index (χ3v) is 5.31. The number of fused-ring (bicyclic) bond motifs is 1. The van der Waals surface area contributed by atoms with Crippen LogP contribution in [0.5, 0.6) is 0 Å². The van der Waals surface area contributed by atoms with Crippen LogP contribution in [0.1, 0.15) is 48.2 Å². The predicted molar refractivity (Wildman–Crippen MR) is 113 cm³/mol. The molecule has 0 fully saturated rings. The summed E-state index contributed by atoms with van der Waals surface area (Å²) in [5.41, 5.74) is 6.43. The summed E-state index contributed by atoms with van der Waals surface area (Å²) < 4.78 is 33.7. The Morgan fingerprint density at radius 1 is 1.19 bits per heavy atom. The smallest absolute Gasteiger partial charge is 0.475 e. The first-order valence-electron chi connectivity index (χ1n) is 10.3. The van der Waals surface area contributed by atoms with Crippen molar-refractivity contribution in [3.63, 3.8) is 0 Å². The number of rotatable bonds is 5. The molecule has 0 saturated carbocycles. The molecule has 2 aromatic heterocycles. The number of nitrogens with one attached hydrogen (secondary N) is 1.